The minimum Gasteiger partial charge on any atom is -0.479 e. The molecule has 0 atom stereocenters. The van der Waals surface area contributed by atoms with Crippen molar-refractivity contribution in [3.05, 3.63) is 6.20 Å². The number of hydrogen-bond donors (Lipinski definition) is 2. The molecule has 0 aromatic carbocycles. The Morgan fingerprint density at radius 3 is 2.43 bits per heavy atom. The molecule has 0 aliphatic rings. The van der Waals surface area contributed by atoms with E-state index in [4.69, 9.17) is 10.2 Å². The van der Waals surface area contributed by atoms with Gasteiger partial charge in [-0.3, -0.25) is 0 Å². The second kappa shape index (κ2) is 1.14. The third-order valence-electron chi connectivity index (χ3n) is 0.481. The molecule has 38 valence electrons. The molecule has 1 aromatic heterocycles. The van der Waals surface area contributed by atoms with Gasteiger partial charge in [0, 0.05) is 0 Å². The largest absolute Gasteiger partial charge is 0.479 e. The Bertz CT molecular complexity index is 142. The third-order valence-corrected chi connectivity index (χ3v) is 0.481. The third kappa shape index (κ3) is 0.623. The van der Waals surface area contributed by atoms with Crippen molar-refractivity contribution in [2.75, 3.05) is 0 Å². The Hall–Kier alpha value is -1.19. The van der Waals surface area contributed by atoms with Crippen LogP contribution in [-0.2, 0) is 0 Å². The average Bonchev–Trinajstić information content (AvgIpc) is 1.87. The van der Waals surface area contributed by atoms with Crippen LogP contribution in [0.15, 0.2) is 10.6 Å². The molecule has 4 nitrogen and oxygen atoms in total. The maximum absolute atomic E-state index is 8.26. The second-order valence-corrected chi connectivity index (χ2v) is 0.981. The van der Waals surface area contributed by atoms with Crippen molar-refractivity contribution in [3.8, 4) is 12.0 Å². The summed E-state index contributed by atoms with van der Waals surface area (Å²) in [5, 5.41) is 16.5. The molecule has 4 heteroatoms. The number of oxazole rings is 1. The monoisotopic (exact) mass is 101 g/mol. The van der Waals surface area contributed by atoms with Gasteiger partial charge in [0.05, 0.1) is 0 Å². The molecule has 2 N–H and O–H groups in total. The normalized spacial score (nSPS) is 9.14. The summed E-state index contributed by atoms with van der Waals surface area (Å²) in [7, 11) is 0. The number of hydrogen-bond acceptors (Lipinski definition) is 4. The SMILES string of the molecule is Oc1cnc(O)o1. The molecule has 0 radical (unpaired) electrons. The fraction of sp³-hybridized carbons (Fsp3) is 0. The van der Waals surface area contributed by atoms with Gasteiger partial charge in [-0.2, -0.15) is 4.98 Å². The Labute approximate surface area is 39.0 Å². The molecule has 0 fully saturated rings. The lowest BCUT2D eigenvalue weighted by molar-refractivity contribution is 0.258. The van der Waals surface area contributed by atoms with Crippen molar-refractivity contribution in [3.63, 3.8) is 0 Å². The standard InChI is InChI=1S/C3H3NO3/c5-2-1-4-3(6)7-2/h1,5H,(H,4,6). The van der Waals surface area contributed by atoms with E-state index in [1.54, 1.807) is 0 Å². The van der Waals surface area contributed by atoms with Gasteiger partial charge >= 0.3 is 12.0 Å². The maximum atomic E-state index is 8.26. The maximum Gasteiger partial charge on any atom is 0.394 e. The summed E-state index contributed by atoms with van der Waals surface area (Å²) in [4.78, 5) is 3.16. The van der Waals surface area contributed by atoms with Crippen molar-refractivity contribution >= 4 is 0 Å². The van der Waals surface area contributed by atoms with Gasteiger partial charge in [0.25, 0.3) is 0 Å². The van der Waals surface area contributed by atoms with Gasteiger partial charge in [-0.25, -0.2) is 0 Å². The summed E-state index contributed by atoms with van der Waals surface area (Å²) in [6, 6.07) is 0. The molecule has 0 saturated heterocycles. The topological polar surface area (TPSA) is 66.5 Å². The molecule has 0 unspecified atom stereocenters. The minimum absolute atomic E-state index is 0.377. The first-order valence-corrected chi connectivity index (χ1v) is 1.63. The van der Waals surface area contributed by atoms with E-state index in [0.29, 0.717) is 0 Å². The average molecular weight is 101 g/mol. The van der Waals surface area contributed by atoms with E-state index in [-0.39, 0.29) is 5.95 Å². The van der Waals surface area contributed by atoms with E-state index in [1.165, 1.54) is 0 Å². The zero-order chi connectivity index (χ0) is 5.28. The van der Waals surface area contributed by atoms with Crippen molar-refractivity contribution in [2.24, 2.45) is 0 Å². The predicted octanol–water partition coefficient (Wildman–Crippen LogP) is 0.0858. The van der Waals surface area contributed by atoms with Gasteiger partial charge in [-0.1, -0.05) is 0 Å². The van der Waals surface area contributed by atoms with Crippen LogP contribution >= 0.6 is 0 Å². The first kappa shape index (κ1) is 3.98. The highest BCUT2D eigenvalue weighted by molar-refractivity contribution is 4.98. The molecule has 0 aliphatic carbocycles. The molecule has 1 heterocycles. The lowest BCUT2D eigenvalue weighted by Crippen LogP contribution is -1.51. The Morgan fingerprint density at radius 1 is 1.57 bits per heavy atom. The number of nitrogens with zero attached hydrogens (tertiary/aromatic N) is 1. The second-order valence-electron chi connectivity index (χ2n) is 0.981. The van der Waals surface area contributed by atoms with E-state index in [2.05, 4.69) is 9.40 Å². The Balaban J connectivity index is 3.04. The molecule has 1 rings (SSSR count). The van der Waals surface area contributed by atoms with Gasteiger partial charge in [-0.05, 0) is 0 Å². The molecule has 0 bridgehead atoms. The van der Waals surface area contributed by atoms with Crippen molar-refractivity contribution in [1.82, 2.24) is 4.98 Å². The van der Waals surface area contributed by atoms with Gasteiger partial charge in [0.2, 0.25) is 0 Å². The smallest absolute Gasteiger partial charge is 0.394 e. The zero-order valence-corrected chi connectivity index (χ0v) is 3.33. The highest BCUT2D eigenvalue weighted by Gasteiger charge is 1.93. The van der Waals surface area contributed by atoms with Gasteiger partial charge < -0.3 is 14.6 Å². The summed E-state index contributed by atoms with van der Waals surface area (Å²) >= 11 is 0. The summed E-state index contributed by atoms with van der Waals surface area (Å²) < 4.78 is 4.08. The Morgan fingerprint density at radius 2 is 2.29 bits per heavy atom. The first-order chi connectivity index (χ1) is 3.29. The van der Waals surface area contributed by atoms with Crippen LogP contribution in [0.1, 0.15) is 0 Å². The number of aromatic nitrogens is 1. The zero-order valence-electron chi connectivity index (χ0n) is 3.33. The van der Waals surface area contributed by atoms with Gasteiger partial charge in [-0.15, -0.1) is 0 Å². The van der Waals surface area contributed by atoms with E-state index in [9.17, 15) is 0 Å². The summed E-state index contributed by atoms with van der Waals surface area (Å²) in [6.45, 7) is 0. The van der Waals surface area contributed by atoms with Crippen molar-refractivity contribution in [2.45, 2.75) is 0 Å². The summed E-state index contributed by atoms with van der Waals surface area (Å²) in [5.41, 5.74) is 0. The fourth-order valence-electron chi connectivity index (χ4n) is 0.257. The molecular formula is C3H3NO3. The molecule has 7 heavy (non-hydrogen) atoms. The lowest BCUT2D eigenvalue weighted by Gasteiger charge is -1.72. The highest BCUT2D eigenvalue weighted by atomic mass is 16.5. The van der Waals surface area contributed by atoms with Crippen LogP contribution in [0.25, 0.3) is 0 Å². The minimum atomic E-state index is -0.516. The first-order valence-electron chi connectivity index (χ1n) is 1.63. The molecule has 0 saturated carbocycles. The van der Waals surface area contributed by atoms with E-state index in [1.807, 2.05) is 0 Å². The van der Waals surface area contributed by atoms with Crippen LogP contribution in [0.2, 0.25) is 0 Å². The van der Waals surface area contributed by atoms with E-state index in [0.717, 1.165) is 6.20 Å². The van der Waals surface area contributed by atoms with Crippen LogP contribution in [0.5, 0.6) is 12.0 Å². The van der Waals surface area contributed by atoms with E-state index >= 15 is 0 Å². The van der Waals surface area contributed by atoms with Gasteiger partial charge in [0.1, 0.15) is 6.20 Å². The van der Waals surface area contributed by atoms with Crippen LogP contribution in [0.4, 0.5) is 0 Å². The van der Waals surface area contributed by atoms with E-state index < -0.39 is 6.08 Å². The van der Waals surface area contributed by atoms with Crippen molar-refractivity contribution in [1.29, 1.82) is 0 Å². The van der Waals surface area contributed by atoms with Crippen LogP contribution < -0.4 is 0 Å². The quantitative estimate of drug-likeness (QED) is 0.485. The predicted molar refractivity (Wildman–Crippen MR) is 19.8 cm³/mol. The summed E-state index contributed by atoms with van der Waals surface area (Å²) in [5.74, 6) is -0.377. The molecule has 1 aromatic rings. The molecule has 0 aliphatic heterocycles. The fourth-order valence-corrected chi connectivity index (χ4v) is 0.257. The molecule has 0 amide bonds. The lowest BCUT2D eigenvalue weighted by atomic mass is 10.9. The van der Waals surface area contributed by atoms with Crippen LogP contribution in [0, 0.1) is 0 Å². The van der Waals surface area contributed by atoms with Gasteiger partial charge in [0.15, 0.2) is 0 Å². The van der Waals surface area contributed by atoms with Crippen LogP contribution in [-0.4, -0.2) is 15.2 Å². The number of aromatic hydroxyl groups is 2. The van der Waals surface area contributed by atoms with Crippen LogP contribution in [0.3, 0.4) is 0 Å². The molecular weight excluding hydrogens is 98.0 g/mol. The summed E-state index contributed by atoms with van der Waals surface area (Å²) in [6.07, 6.45) is 0.493. The Kier molecular flexibility index (Phi) is 0.651. The highest BCUT2D eigenvalue weighted by Crippen LogP contribution is 2.13. The number of rotatable bonds is 0. The molecule has 0 spiro atoms. The van der Waals surface area contributed by atoms with Crippen molar-refractivity contribution < 1.29 is 14.6 Å².